The van der Waals surface area contributed by atoms with Crippen molar-refractivity contribution in [3.05, 3.63) is 0 Å². The molecule has 6 nitrogen and oxygen atoms in total. The van der Waals surface area contributed by atoms with E-state index in [1.54, 1.807) is 0 Å². The Morgan fingerprint density at radius 2 is 1.25 bits per heavy atom. The summed E-state index contributed by atoms with van der Waals surface area (Å²) in [6.45, 7) is 8.43. The highest BCUT2D eigenvalue weighted by atomic mass is 32.2. The monoisotopic (exact) mass is 552 g/mol. The average molecular weight is 553 g/mol. The van der Waals surface area contributed by atoms with Gasteiger partial charge in [0, 0.05) is 5.25 Å². The lowest BCUT2D eigenvalue weighted by Crippen LogP contribution is -2.24. The van der Waals surface area contributed by atoms with Crippen LogP contribution in [0.15, 0.2) is 0 Å². The van der Waals surface area contributed by atoms with Crippen molar-refractivity contribution in [2.24, 2.45) is 0 Å². The van der Waals surface area contributed by atoms with Gasteiger partial charge < -0.3 is 4.74 Å². The Morgan fingerprint density at radius 3 is 1.75 bits per heavy atom. The first-order chi connectivity index (χ1) is 17.4. The Bertz CT molecular complexity index is 548. The smallest absolute Gasteiger partial charge is 0.460 e. The maximum Gasteiger partial charge on any atom is 0.464 e. The molecule has 0 aliphatic carbocycles. The normalized spacial score (nSPS) is 14.9. The molecule has 0 aromatic heterocycles. The van der Waals surface area contributed by atoms with Crippen molar-refractivity contribution >= 4 is 25.1 Å². The minimum atomic E-state index is -4.11. The Kier molecular flexibility index (Phi) is 25.2. The quantitative estimate of drug-likeness (QED) is 0.0434. The fourth-order valence-electron chi connectivity index (χ4n) is 4.02. The van der Waals surface area contributed by atoms with Crippen molar-refractivity contribution in [2.75, 3.05) is 19.5 Å². The van der Waals surface area contributed by atoms with Crippen LogP contribution in [0.25, 0.3) is 0 Å². The van der Waals surface area contributed by atoms with E-state index in [4.69, 9.17) is 14.1 Å². The maximum atomic E-state index is 12.8. The van der Waals surface area contributed by atoms with E-state index >= 15 is 0 Å². The number of carbonyl (C=O) groups is 1. The van der Waals surface area contributed by atoms with Gasteiger partial charge in [-0.15, -0.1) is 4.67 Å². The number of thioether (sulfide) groups is 1. The molecule has 0 aromatic carbocycles. The van der Waals surface area contributed by atoms with Crippen LogP contribution in [0, 0.1) is 0 Å². The lowest BCUT2D eigenvalue weighted by atomic mass is 10.1. The maximum absolute atomic E-state index is 12.8. The molecule has 0 amide bonds. The summed E-state index contributed by atoms with van der Waals surface area (Å²) in [5.41, 5.74) is -1.02. The van der Waals surface area contributed by atoms with Gasteiger partial charge in [0.1, 0.15) is 6.10 Å². The van der Waals surface area contributed by atoms with Crippen LogP contribution in [0.1, 0.15) is 143 Å². The van der Waals surface area contributed by atoms with Crippen LogP contribution in [0.4, 0.5) is 4.79 Å². The summed E-state index contributed by atoms with van der Waals surface area (Å²) in [7, 11) is -2.95. The van der Waals surface area contributed by atoms with Gasteiger partial charge in [-0.1, -0.05) is 117 Å². The third-order valence-electron chi connectivity index (χ3n) is 6.35. The third kappa shape index (κ3) is 19.1. The van der Waals surface area contributed by atoms with Crippen molar-refractivity contribution in [3.8, 4) is 0 Å². The number of unbranched alkanes of at least 4 members (excludes halogenated alkanes) is 14. The molecule has 0 saturated heterocycles. The van der Waals surface area contributed by atoms with Crippen molar-refractivity contribution in [2.45, 2.75) is 155 Å². The molecule has 0 bridgehead atoms. The highest BCUT2D eigenvalue weighted by Gasteiger charge is 2.39. The molecule has 8 heteroatoms. The lowest BCUT2D eigenvalue weighted by Gasteiger charge is -2.24. The van der Waals surface area contributed by atoms with E-state index in [1.807, 2.05) is 25.6 Å². The summed E-state index contributed by atoms with van der Waals surface area (Å²) in [6, 6.07) is 0. The van der Waals surface area contributed by atoms with E-state index in [0.29, 0.717) is 6.42 Å². The van der Waals surface area contributed by atoms with E-state index < -0.39 is 13.3 Å². The first kappa shape index (κ1) is 35.9. The van der Waals surface area contributed by atoms with Crippen LogP contribution in [0.3, 0.4) is 0 Å². The summed E-state index contributed by atoms with van der Waals surface area (Å²) < 4.78 is 27.8. The molecule has 0 radical (unpaired) electrons. The Hall–Kier alpha value is -0.0700. The van der Waals surface area contributed by atoms with Crippen LogP contribution in [-0.4, -0.2) is 36.5 Å². The molecule has 0 aromatic rings. The van der Waals surface area contributed by atoms with Crippen molar-refractivity contribution in [1.82, 2.24) is 0 Å². The number of methoxy groups -OCH3 is 1. The summed E-state index contributed by atoms with van der Waals surface area (Å²) >= 11 is 1.91. The van der Waals surface area contributed by atoms with Crippen molar-refractivity contribution in [1.29, 1.82) is 0 Å². The standard InChI is InChI=1S/C28H57O6PS/c1-6-9-11-13-15-16-17-18-20-22-25-36-27(23-21-19-14-12-10-7-2)26(4)33-34-35(30,28(29)31-5)32-24-8-3/h26-27H,6-25H2,1-5H3. The molecule has 216 valence electrons. The molecule has 0 saturated carbocycles. The predicted octanol–water partition coefficient (Wildman–Crippen LogP) is 10.5. The number of hydrogen-bond acceptors (Lipinski definition) is 7. The zero-order chi connectivity index (χ0) is 26.9. The van der Waals surface area contributed by atoms with Gasteiger partial charge in [-0.2, -0.15) is 11.8 Å². The van der Waals surface area contributed by atoms with E-state index in [9.17, 15) is 9.36 Å². The lowest BCUT2D eigenvalue weighted by molar-refractivity contribution is -0.245. The molecule has 3 unspecified atom stereocenters. The van der Waals surface area contributed by atoms with Crippen LogP contribution < -0.4 is 0 Å². The van der Waals surface area contributed by atoms with Gasteiger partial charge >= 0.3 is 13.3 Å². The molecule has 36 heavy (non-hydrogen) atoms. The number of ether oxygens (including phenoxy) is 1. The molecule has 0 aliphatic rings. The zero-order valence-corrected chi connectivity index (χ0v) is 25.8. The first-order valence-corrected chi connectivity index (χ1v) is 17.3. The second-order valence-corrected chi connectivity index (χ2v) is 12.9. The summed E-state index contributed by atoms with van der Waals surface area (Å²) in [6.07, 6.45) is 22.0. The van der Waals surface area contributed by atoms with Gasteiger partial charge in [-0.25, -0.2) is 14.2 Å². The van der Waals surface area contributed by atoms with Gasteiger partial charge in [0.25, 0.3) is 0 Å². The SMILES string of the molecule is CCCCCCCCCCCCSC(CCCCCCCC)C(C)OOP(=O)(OCCC)C(=O)OC. The Morgan fingerprint density at radius 1 is 0.750 bits per heavy atom. The van der Waals surface area contributed by atoms with Gasteiger partial charge in [-0.3, -0.25) is 4.52 Å². The molecule has 0 spiro atoms. The highest BCUT2D eigenvalue weighted by Crippen LogP contribution is 2.50. The van der Waals surface area contributed by atoms with E-state index in [0.717, 1.165) is 18.6 Å². The summed E-state index contributed by atoms with van der Waals surface area (Å²) in [5, 5.41) is 0.215. The minimum absolute atomic E-state index is 0.138. The van der Waals surface area contributed by atoms with Gasteiger partial charge in [-0.05, 0) is 31.9 Å². The topological polar surface area (TPSA) is 71.1 Å². The predicted molar refractivity (Wildman–Crippen MR) is 154 cm³/mol. The van der Waals surface area contributed by atoms with Gasteiger partial charge in [0.15, 0.2) is 0 Å². The molecule has 0 heterocycles. The molecule has 0 fully saturated rings. The summed E-state index contributed by atoms with van der Waals surface area (Å²) in [5.74, 6) is 1.08. The largest absolute Gasteiger partial charge is 0.464 e. The molecular weight excluding hydrogens is 495 g/mol. The fourth-order valence-corrected chi connectivity index (χ4v) is 6.45. The van der Waals surface area contributed by atoms with Crippen LogP contribution >= 0.6 is 19.4 Å². The zero-order valence-electron chi connectivity index (χ0n) is 24.1. The van der Waals surface area contributed by atoms with Crippen LogP contribution in [0.5, 0.6) is 0 Å². The second-order valence-electron chi connectivity index (χ2n) is 9.82. The molecule has 0 N–H and O–H groups in total. The average Bonchev–Trinajstić information content (AvgIpc) is 2.89. The molecular formula is C28H57O6PS. The number of rotatable bonds is 27. The van der Waals surface area contributed by atoms with Crippen molar-refractivity contribution < 1.29 is 28.2 Å². The van der Waals surface area contributed by atoms with E-state index in [2.05, 4.69) is 18.6 Å². The second kappa shape index (κ2) is 25.2. The summed E-state index contributed by atoms with van der Waals surface area (Å²) in [4.78, 5) is 17.5. The van der Waals surface area contributed by atoms with E-state index in [1.165, 1.54) is 103 Å². The van der Waals surface area contributed by atoms with Gasteiger partial charge in [0.05, 0.1) is 13.7 Å². The molecule has 0 rings (SSSR count). The Labute approximate surface area is 227 Å². The fraction of sp³-hybridized carbons (Fsp3) is 0.964. The molecule has 3 atom stereocenters. The number of carbonyl (C=O) groups excluding carboxylic acids is 1. The number of hydrogen-bond donors (Lipinski definition) is 0. The van der Waals surface area contributed by atoms with E-state index in [-0.39, 0.29) is 18.0 Å². The van der Waals surface area contributed by atoms with Crippen LogP contribution in [0.2, 0.25) is 0 Å². The first-order valence-electron chi connectivity index (χ1n) is 14.7. The minimum Gasteiger partial charge on any atom is -0.460 e. The van der Waals surface area contributed by atoms with Crippen LogP contribution in [-0.2, 0) is 23.4 Å². The van der Waals surface area contributed by atoms with Crippen molar-refractivity contribution in [3.63, 3.8) is 0 Å². The third-order valence-corrected chi connectivity index (χ3v) is 9.36. The molecule has 0 aliphatic heterocycles. The van der Waals surface area contributed by atoms with Gasteiger partial charge in [0.2, 0.25) is 0 Å². The highest BCUT2D eigenvalue weighted by molar-refractivity contribution is 7.99. The Balaban J connectivity index is 4.52.